The number of hydrogen-bond acceptors (Lipinski definition) is 2. The number of rotatable bonds is 0. The summed E-state index contributed by atoms with van der Waals surface area (Å²) in [5.41, 5.74) is 5.86. The van der Waals surface area contributed by atoms with Crippen molar-refractivity contribution in [3.05, 3.63) is 0 Å². The zero-order valence-electron chi connectivity index (χ0n) is 5.89. The number of piperidine rings is 1. The molecule has 3 N–H and O–H groups in total. The highest BCUT2D eigenvalue weighted by Gasteiger charge is 2.50. The van der Waals surface area contributed by atoms with E-state index < -0.39 is 0 Å². The molecule has 1 unspecified atom stereocenters. The summed E-state index contributed by atoms with van der Waals surface area (Å²) in [6, 6.07) is 0.213. The molecule has 2 aliphatic rings. The highest BCUT2D eigenvalue weighted by atomic mass is 16.1. The van der Waals surface area contributed by atoms with Gasteiger partial charge in [0.15, 0.2) is 0 Å². The second kappa shape index (κ2) is 1.72. The van der Waals surface area contributed by atoms with Crippen molar-refractivity contribution in [1.29, 1.82) is 0 Å². The molecule has 1 saturated heterocycles. The van der Waals surface area contributed by atoms with Crippen LogP contribution in [0.5, 0.6) is 0 Å². The molecule has 0 bridgehead atoms. The van der Waals surface area contributed by atoms with E-state index in [1.54, 1.807) is 0 Å². The minimum Gasteiger partial charge on any atom is -0.349 e. The van der Waals surface area contributed by atoms with Gasteiger partial charge < -0.3 is 11.1 Å². The zero-order chi connectivity index (χ0) is 7.19. The lowest BCUT2D eigenvalue weighted by Crippen LogP contribution is -2.54. The maximum Gasteiger partial charge on any atom is 0.220 e. The van der Waals surface area contributed by atoms with E-state index in [0.29, 0.717) is 6.42 Å². The minimum absolute atomic E-state index is 0.0370. The Morgan fingerprint density at radius 3 is 2.80 bits per heavy atom. The second-order valence-corrected chi connectivity index (χ2v) is 3.35. The molecular formula is C7H12N2O. The number of carbonyl (C=O) groups is 1. The van der Waals surface area contributed by atoms with Gasteiger partial charge in [0.05, 0.1) is 5.54 Å². The van der Waals surface area contributed by atoms with Gasteiger partial charge in [0.2, 0.25) is 5.91 Å². The summed E-state index contributed by atoms with van der Waals surface area (Å²) in [6.07, 6.45) is 3.65. The first-order valence-corrected chi connectivity index (χ1v) is 3.80. The predicted octanol–water partition coefficient (Wildman–Crippen LogP) is -0.244. The number of amides is 1. The Hall–Kier alpha value is -0.570. The molecule has 0 radical (unpaired) electrons. The molecule has 0 aromatic carbocycles. The Morgan fingerprint density at radius 2 is 2.30 bits per heavy atom. The average molecular weight is 140 g/mol. The van der Waals surface area contributed by atoms with Gasteiger partial charge in [-0.2, -0.15) is 0 Å². The van der Waals surface area contributed by atoms with Crippen LogP contribution in [0.3, 0.4) is 0 Å². The average Bonchev–Trinajstić information content (AvgIpc) is 2.62. The van der Waals surface area contributed by atoms with Crippen LogP contribution in [0.4, 0.5) is 0 Å². The predicted molar refractivity (Wildman–Crippen MR) is 37.3 cm³/mol. The van der Waals surface area contributed by atoms with E-state index in [0.717, 1.165) is 19.3 Å². The van der Waals surface area contributed by atoms with Gasteiger partial charge in [-0.3, -0.25) is 4.79 Å². The molecule has 2 fully saturated rings. The molecule has 10 heavy (non-hydrogen) atoms. The van der Waals surface area contributed by atoms with Crippen LogP contribution >= 0.6 is 0 Å². The highest BCUT2D eigenvalue weighted by Crippen LogP contribution is 2.41. The largest absolute Gasteiger partial charge is 0.349 e. The summed E-state index contributed by atoms with van der Waals surface area (Å²) in [5, 5.41) is 2.95. The van der Waals surface area contributed by atoms with E-state index in [9.17, 15) is 4.79 Å². The third kappa shape index (κ3) is 0.736. The van der Waals surface area contributed by atoms with Crippen molar-refractivity contribution in [1.82, 2.24) is 5.32 Å². The first-order valence-electron chi connectivity index (χ1n) is 3.80. The van der Waals surface area contributed by atoms with Crippen LogP contribution in [0, 0.1) is 0 Å². The molecule has 1 spiro atoms. The van der Waals surface area contributed by atoms with Crippen molar-refractivity contribution in [3.63, 3.8) is 0 Å². The van der Waals surface area contributed by atoms with Crippen molar-refractivity contribution < 1.29 is 4.79 Å². The Kier molecular flexibility index (Phi) is 1.06. The summed E-state index contributed by atoms with van der Waals surface area (Å²) in [5.74, 6) is 0.180. The molecule has 2 rings (SSSR count). The molecule has 1 aliphatic heterocycles. The van der Waals surface area contributed by atoms with Gasteiger partial charge in [-0.25, -0.2) is 0 Å². The lowest BCUT2D eigenvalue weighted by Gasteiger charge is -2.29. The maximum absolute atomic E-state index is 10.9. The van der Waals surface area contributed by atoms with Crippen LogP contribution in [0.15, 0.2) is 0 Å². The number of carbonyl (C=O) groups excluding carboxylic acids is 1. The molecule has 3 nitrogen and oxygen atoms in total. The van der Waals surface area contributed by atoms with Gasteiger partial charge in [-0.05, 0) is 19.3 Å². The van der Waals surface area contributed by atoms with Crippen LogP contribution in [0.2, 0.25) is 0 Å². The zero-order valence-corrected chi connectivity index (χ0v) is 5.89. The van der Waals surface area contributed by atoms with E-state index in [4.69, 9.17) is 5.73 Å². The Bertz CT molecular complexity index is 174. The van der Waals surface area contributed by atoms with Crippen LogP contribution in [0.25, 0.3) is 0 Å². The van der Waals surface area contributed by atoms with Gasteiger partial charge in [-0.15, -0.1) is 0 Å². The van der Waals surface area contributed by atoms with Crippen molar-refractivity contribution >= 4 is 5.91 Å². The number of nitrogens with two attached hydrogens (primary N) is 1. The molecule has 1 amide bonds. The van der Waals surface area contributed by atoms with Crippen molar-refractivity contribution in [2.75, 3.05) is 0 Å². The van der Waals surface area contributed by atoms with Gasteiger partial charge in [0.1, 0.15) is 0 Å². The van der Waals surface area contributed by atoms with E-state index in [1.165, 1.54) is 0 Å². The van der Waals surface area contributed by atoms with E-state index in [-0.39, 0.29) is 17.5 Å². The fourth-order valence-electron chi connectivity index (χ4n) is 1.63. The third-order valence-corrected chi connectivity index (χ3v) is 2.57. The molecular weight excluding hydrogens is 128 g/mol. The monoisotopic (exact) mass is 140 g/mol. The summed E-state index contributed by atoms with van der Waals surface area (Å²) >= 11 is 0. The molecule has 1 atom stereocenters. The van der Waals surface area contributed by atoms with E-state index in [2.05, 4.69) is 5.32 Å². The normalized spacial score (nSPS) is 35.7. The van der Waals surface area contributed by atoms with Crippen molar-refractivity contribution in [2.24, 2.45) is 5.73 Å². The third-order valence-electron chi connectivity index (χ3n) is 2.57. The van der Waals surface area contributed by atoms with E-state index in [1.807, 2.05) is 0 Å². The topological polar surface area (TPSA) is 55.1 Å². The van der Waals surface area contributed by atoms with Gasteiger partial charge >= 0.3 is 0 Å². The molecule has 1 heterocycles. The summed E-state index contributed by atoms with van der Waals surface area (Å²) in [4.78, 5) is 10.9. The number of nitrogens with one attached hydrogen (secondary N) is 1. The van der Waals surface area contributed by atoms with Crippen LogP contribution in [-0.2, 0) is 4.79 Å². The van der Waals surface area contributed by atoms with Crippen molar-refractivity contribution in [3.8, 4) is 0 Å². The number of hydrogen-bond donors (Lipinski definition) is 2. The molecule has 56 valence electrons. The SMILES string of the molecule is NC1CCC(=O)NC12CC2. The van der Waals surface area contributed by atoms with Gasteiger partial charge in [0.25, 0.3) is 0 Å². The standard InChI is InChI=1S/C7H12N2O/c8-5-1-2-6(10)9-7(5)3-4-7/h5H,1-4,8H2,(H,9,10). The maximum atomic E-state index is 10.9. The Morgan fingerprint density at radius 1 is 1.60 bits per heavy atom. The summed E-state index contributed by atoms with van der Waals surface area (Å²) in [6.45, 7) is 0. The fourth-order valence-corrected chi connectivity index (χ4v) is 1.63. The first-order chi connectivity index (χ1) is 4.73. The van der Waals surface area contributed by atoms with Crippen LogP contribution < -0.4 is 11.1 Å². The van der Waals surface area contributed by atoms with E-state index >= 15 is 0 Å². The molecule has 1 aliphatic carbocycles. The summed E-state index contributed by atoms with van der Waals surface area (Å²) in [7, 11) is 0. The molecule has 3 heteroatoms. The van der Waals surface area contributed by atoms with Crippen LogP contribution in [-0.4, -0.2) is 17.5 Å². The summed E-state index contributed by atoms with van der Waals surface area (Å²) < 4.78 is 0. The highest BCUT2D eigenvalue weighted by molar-refractivity contribution is 5.78. The Labute approximate surface area is 60.0 Å². The second-order valence-electron chi connectivity index (χ2n) is 3.35. The minimum atomic E-state index is 0.0370. The van der Waals surface area contributed by atoms with Crippen molar-refractivity contribution in [2.45, 2.75) is 37.3 Å². The smallest absolute Gasteiger partial charge is 0.220 e. The molecule has 0 aromatic heterocycles. The first kappa shape index (κ1) is 6.16. The van der Waals surface area contributed by atoms with Gasteiger partial charge in [-0.1, -0.05) is 0 Å². The lowest BCUT2D eigenvalue weighted by atomic mass is 9.97. The van der Waals surface area contributed by atoms with Crippen LogP contribution in [0.1, 0.15) is 25.7 Å². The lowest BCUT2D eigenvalue weighted by molar-refractivity contribution is -0.124. The Balaban J connectivity index is 2.10. The van der Waals surface area contributed by atoms with Gasteiger partial charge in [0, 0.05) is 12.5 Å². The quantitative estimate of drug-likeness (QED) is 0.487. The molecule has 1 saturated carbocycles. The molecule has 0 aromatic rings. The fraction of sp³-hybridized carbons (Fsp3) is 0.857.